The van der Waals surface area contributed by atoms with Crippen molar-refractivity contribution in [1.29, 1.82) is 0 Å². The molecule has 0 bridgehead atoms. The minimum atomic E-state index is 0.362. The van der Waals surface area contributed by atoms with Gasteiger partial charge in [0.2, 0.25) is 0 Å². The molecule has 0 saturated heterocycles. The van der Waals surface area contributed by atoms with Gasteiger partial charge in [-0.1, -0.05) is 13.8 Å². The van der Waals surface area contributed by atoms with Crippen LogP contribution in [0.4, 0.5) is 0 Å². The van der Waals surface area contributed by atoms with Gasteiger partial charge in [0.05, 0.1) is 0 Å². The summed E-state index contributed by atoms with van der Waals surface area (Å²) in [5, 5.41) is 0. The van der Waals surface area contributed by atoms with Gasteiger partial charge in [-0.2, -0.15) is 0 Å². The van der Waals surface area contributed by atoms with Crippen molar-refractivity contribution in [1.82, 2.24) is 0 Å². The van der Waals surface area contributed by atoms with Crippen molar-refractivity contribution in [2.45, 2.75) is 45.6 Å². The topological polar surface area (TPSA) is 26.0 Å². The summed E-state index contributed by atoms with van der Waals surface area (Å²) < 4.78 is 0. The third-order valence-electron chi connectivity index (χ3n) is 3.54. The molecule has 1 aromatic rings. The van der Waals surface area contributed by atoms with Crippen LogP contribution in [0, 0.1) is 11.8 Å². The zero-order valence-corrected chi connectivity index (χ0v) is 10.5. The molecule has 0 radical (unpaired) electrons. The van der Waals surface area contributed by atoms with Crippen molar-refractivity contribution in [3.63, 3.8) is 0 Å². The Balaban J connectivity index is 1.89. The van der Waals surface area contributed by atoms with Gasteiger partial charge in [0.15, 0.2) is 0 Å². The predicted octanol–water partition coefficient (Wildman–Crippen LogP) is 3.23. The molecule has 2 N–H and O–H groups in total. The summed E-state index contributed by atoms with van der Waals surface area (Å²) in [5.74, 6) is 1.63. The molecule has 84 valence electrons. The number of aryl methyl sites for hydroxylation is 1. The van der Waals surface area contributed by atoms with Crippen molar-refractivity contribution < 1.29 is 0 Å². The molecule has 2 rings (SSSR count). The Morgan fingerprint density at radius 3 is 2.60 bits per heavy atom. The first-order valence-corrected chi connectivity index (χ1v) is 6.85. The summed E-state index contributed by atoms with van der Waals surface area (Å²) in [4.78, 5) is 2.95. The van der Waals surface area contributed by atoms with Crippen molar-refractivity contribution in [2.24, 2.45) is 17.6 Å². The van der Waals surface area contributed by atoms with Crippen LogP contribution in [0.5, 0.6) is 0 Å². The quantitative estimate of drug-likeness (QED) is 0.815. The van der Waals surface area contributed by atoms with Gasteiger partial charge < -0.3 is 5.73 Å². The lowest BCUT2D eigenvalue weighted by molar-refractivity contribution is 0.406. The second-order valence-electron chi connectivity index (χ2n) is 4.79. The maximum Gasteiger partial charge on any atom is 0.0116 e. The highest BCUT2D eigenvalue weighted by molar-refractivity contribution is 7.11. The summed E-state index contributed by atoms with van der Waals surface area (Å²) in [6.45, 7) is 4.53. The van der Waals surface area contributed by atoms with E-state index in [2.05, 4.69) is 26.0 Å². The van der Waals surface area contributed by atoms with E-state index >= 15 is 0 Å². The SMILES string of the molecule is CCc1ccc(CC(N)C(C)C2CC2)s1. The summed E-state index contributed by atoms with van der Waals surface area (Å²) in [5.41, 5.74) is 6.25. The van der Waals surface area contributed by atoms with Crippen LogP contribution in [0.2, 0.25) is 0 Å². The normalized spacial score (nSPS) is 20.2. The average Bonchev–Trinajstić information content (AvgIpc) is 2.98. The van der Waals surface area contributed by atoms with Gasteiger partial charge in [0, 0.05) is 15.8 Å². The van der Waals surface area contributed by atoms with E-state index < -0.39 is 0 Å². The van der Waals surface area contributed by atoms with Crippen LogP contribution in [-0.2, 0) is 12.8 Å². The maximum atomic E-state index is 6.25. The Bertz CT molecular complexity index is 314. The van der Waals surface area contributed by atoms with E-state index in [-0.39, 0.29) is 0 Å². The van der Waals surface area contributed by atoms with Crippen LogP contribution in [0.15, 0.2) is 12.1 Å². The molecule has 1 aliphatic rings. The lowest BCUT2D eigenvalue weighted by Gasteiger charge is -2.18. The lowest BCUT2D eigenvalue weighted by atomic mass is 9.94. The van der Waals surface area contributed by atoms with Gasteiger partial charge in [-0.3, -0.25) is 0 Å². The largest absolute Gasteiger partial charge is 0.327 e. The Kier molecular flexibility index (Phi) is 3.47. The molecule has 0 spiro atoms. The van der Waals surface area contributed by atoms with Crippen molar-refractivity contribution >= 4 is 11.3 Å². The molecule has 2 unspecified atom stereocenters. The van der Waals surface area contributed by atoms with Crippen molar-refractivity contribution in [3.8, 4) is 0 Å². The summed E-state index contributed by atoms with van der Waals surface area (Å²) in [6.07, 6.45) is 5.03. The molecule has 2 atom stereocenters. The number of hydrogen-bond acceptors (Lipinski definition) is 2. The Labute approximate surface area is 96.7 Å². The van der Waals surface area contributed by atoms with Gasteiger partial charge in [0.1, 0.15) is 0 Å². The van der Waals surface area contributed by atoms with E-state index in [1.807, 2.05) is 11.3 Å². The monoisotopic (exact) mass is 223 g/mol. The van der Waals surface area contributed by atoms with E-state index in [0.717, 1.165) is 18.8 Å². The molecule has 0 aliphatic heterocycles. The number of hydrogen-bond donors (Lipinski definition) is 1. The Hall–Kier alpha value is -0.340. The fourth-order valence-corrected chi connectivity index (χ4v) is 3.14. The first kappa shape index (κ1) is 11.2. The van der Waals surface area contributed by atoms with Crippen LogP contribution >= 0.6 is 11.3 Å². The third-order valence-corrected chi connectivity index (χ3v) is 4.80. The molecule has 0 amide bonds. The average molecular weight is 223 g/mol. The van der Waals surface area contributed by atoms with E-state index in [0.29, 0.717) is 12.0 Å². The van der Waals surface area contributed by atoms with Crippen molar-refractivity contribution in [3.05, 3.63) is 21.9 Å². The highest BCUT2D eigenvalue weighted by Gasteiger charge is 2.31. The highest BCUT2D eigenvalue weighted by atomic mass is 32.1. The zero-order valence-electron chi connectivity index (χ0n) is 9.70. The second-order valence-corrected chi connectivity index (χ2v) is 6.04. The third kappa shape index (κ3) is 2.82. The van der Waals surface area contributed by atoms with Crippen LogP contribution in [-0.4, -0.2) is 6.04 Å². The molecule has 1 aromatic heterocycles. The smallest absolute Gasteiger partial charge is 0.0116 e. The standard InChI is InChI=1S/C13H21NS/c1-3-11-6-7-12(15-11)8-13(14)9(2)10-4-5-10/h6-7,9-10,13H,3-5,8,14H2,1-2H3. The minimum Gasteiger partial charge on any atom is -0.327 e. The van der Waals surface area contributed by atoms with E-state index in [4.69, 9.17) is 5.73 Å². The second kappa shape index (κ2) is 4.67. The van der Waals surface area contributed by atoms with E-state index in [1.54, 1.807) is 0 Å². The Morgan fingerprint density at radius 1 is 1.40 bits per heavy atom. The molecule has 15 heavy (non-hydrogen) atoms. The molecule has 1 aliphatic carbocycles. The molecule has 0 aromatic carbocycles. The van der Waals surface area contributed by atoms with E-state index in [9.17, 15) is 0 Å². The van der Waals surface area contributed by atoms with Gasteiger partial charge in [-0.05, 0) is 49.7 Å². The maximum absolute atomic E-state index is 6.25. The summed E-state index contributed by atoms with van der Waals surface area (Å²) >= 11 is 1.93. The predicted molar refractivity (Wildman–Crippen MR) is 67.3 cm³/mol. The van der Waals surface area contributed by atoms with Crippen LogP contribution in [0.25, 0.3) is 0 Å². The van der Waals surface area contributed by atoms with Gasteiger partial charge >= 0.3 is 0 Å². The van der Waals surface area contributed by atoms with Crippen LogP contribution in [0.1, 0.15) is 36.4 Å². The molecule has 1 nitrogen and oxygen atoms in total. The van der Waals surface area contributed by atoms with E-state index in [1.165, 1.54) is 22.6 Å². The molecule has 1 heterocycles. The minimum absolute atomic E-state index is 0.362. The lowest BCUT2D eigenvalue weighted by Crippen LogP contribution is -2.31. The summed E-state index contributed by atoms with van der Waals surface area (Å²) in [6, 6.07) is 4.86. The molecular formula is C13H21NS. The van der Waals surface area contributed by atoms with Gasteiger partial charge in [-0.25, -0.2) is 0 Å². The van der Waals surface area contributed by atoms with Crippen molar-refractivity contribution in [2.75, 3.05) is 0 Å². The first-order chi connectivity index (χ1) is 7.20. The van der Waals surface area contributed by atoms with Crippen LogP contribution in [0.3, 0.4) is 0 Å². The fourth-order valence-electron chi connectivity index (χ4n) is 2.11. The molecule has 1 fully saturated rings. The fraction of sp³-hybridized carbons (Fsp3) is 0.692. The highest BCUT2D eigenvalue weighted by Crippen LogP contribution is 2.38. The number of nitrogens with two attached hydrogens (primary N) is 1. The first-order valence-electron chi connectivity index (χ1n) is 6.04. The van der Waals surface area contributed by atoms with Gasteiger partial charge in [0.25, 0.3) is 0 Å². The van der Waals surface area contributed by atoms with Crippen LogP contribution < -0.4 is 5.73 Å². The molecule has 2 heteroatoms. The number of thiophene rings is 1. The van der Waals surface area contributed by atoms with Gasteiger partial charge in [-0.15, -0.1) is 11.3 Å². The summed E-state index contributed by atoms with van der Waals surface area (Å²) in [7, 11) is 0. The molecular weight excluding hydrogens is 202 g/mol. The molecule has 1 saturated carbocycles. The zero-order chi connectivity index (χ0) is 10.8. The Morgan fingerprint density at radius 2 is 2.07 bits per heavy atom. The number of rotatable bonds is 5.